The number of hydrogen-bond donors (Lipinski definition) is 1. The molecule has 0 aliphatic rings. The van der Waals surface area contributed by atoms with Gasteiger partial charge in [-0.15, -0.1) is 0 Å². The minimum absolute atomic E-state index is 0.202. The molecule has 1 aromatic rings. The van der Waals surface area contributed by atoms with E-state index in [9.17, 15) is 0 Å². The van der Waals surface area contributed by atoms with Crippen LogP contribution in [0.3, 0.4) is 0 Å². The summed E-state index contributed by atoms with van der Waals surface area (Å²) in [7, 11) is 0. The summed E-state index contributed by atoms with van der Waals surface area (Å²) in [5.41, 5.74) is 2.62. The second-order valence-electron chi connectivity index (χ2n) is 4.51. The number of rotatable bonds is 7. The number of aryl methyl sites for hydroxylation is 1. The van der Waals surface area contributed by atoms with Crippen molar-refractivity contribution in [3.8, 4) is 0 Å². The lowest BCUT2D eigenvalue weighted by Crippen LogP contribution is -2.32. The first-order valence-electron chi connectivity index (χ1n) is 6.60. The van der Waals surface area contributed by atoms with Crippen LogP contribution in [0.25, 0.3) is 0 Å². The summed E-state index contributed by atoms with van der Waals surface area (Å²) >= 11 is 0. The van der Waals surface area contributed by atoms with Crippen LogP contribution in [0, 0.1) is 6.92 Å². The van der Waals surface area contributed by atoms with E-state index in [1.165, 1.54) is 11.1 Å². The molecule has 2 unspecified atom stereocenters. The molecule has 0 amide bonds. The number of hydrogen-bond acceptors (Lipinski definition) is 2. The standard InChI is InChI=1S/C15H25NO/c1-5-10-16-15(13(4)17-6-2)14-9-7-8-12(3)11-14/h7-9,11,13,15-16H,5-6,10H2,1-4H3. The minimum atomic E-state index is 0.202. The largest absolute Gasteiger partial charge is 0.377 e. The minimum Gasteiger partial charge on any atom is -0.377 e. The Balaban J connectivity index is 2.81. The van der Waals surface area contributed by atoms with Gasteiger partial charge in [-0.25, -0.2) is 0 Å². The van der Waals surface area contributed by atoms with Gasteiger partial charge < -0.3 is 10.1 Å². The molecule has 0 radical (unpaired) electrons. The van der Waals surface area contributed by atoms with Crippen molar-refractivity contribution in [3.63, 3.8) is 0 Å². The predicted octanol–water partition coefficient (Wildman–Crippen LogP) is 3.46. The molecule has 0 aliphatic carbocycles. The van der Waals surface area contributed by atoms with Gasteiger partial charge in [0.05, 0.1) is 12.1 Å². The summed E-state index contributed by atoms with van der Waals surface area (Å²) < 4.78 is 5.73. The van der Waals surface area contributed by atoms with Crippen LogP contribution in [0.1, 0.15) is 44.4 Å². The Hall–Kier alpha value is -0.860. The van der Waals surface area contributed by atoms with E-state index in [1.54, 1.807) is 0 Å². The van der Waals surface area contributed by atoms with Gasteiger partial charge in [-0.3, -0.25) is 0 Å². The van der Waals surface area contributed by atoms with E-state index >= 15 is 0 Å². The molecule has 17 heavy (non-hydrogen) atoms. The molecule has 0 saturated heterocycles. The van der Waals surface area contributed by atoms with Gasteiger partial charge >= 0.3 is 0 Å². The van der Waals surface area contributed by atoms with Gasteiger partial charge in [-0.1, -0.05) is 36.8 Å². The first-order chi connectivity index (χ1) is 8.19. The van der Waals surface area contributed by atoms with Gasteiger partial charge in [-0.2, -0.15) is 0 Å². The van der Waals surface area contributed by atoms with E-state index in [0.29, 0.717) is 0 Å². The van der Waals surface area contributed by atoms with Gasteiger partial charge in [-0.05, 0) is 39.3 Å². The molecule has 0 aliphatic heterocycles. The van der Waals surface area contributed by atoms with Gasteiger partial charge in [0.15, 0.2) is 0 Å². The fourth-order valence-corrected chi connectivity index (χ4v) is 2.08. The molecule has 0 spiro atoms. The summed E-state index contributed by atoms with van der Waals surface area (Å²) in [5, 5.41) is 3.57. The molecular formula is C15H25NO. The van der Waals surface area contributed by atoms with Crippen molar-refractivity contribution >= 4 is 0 Å². The molecule has 2 nitrogen and oxygen atoms in total. The maximum absolute atomic E-state index is 5.73. The van der Waals surface area contributed by atoms with E-state index in [1.807, 2.05) is 6.92 Å². The van der Waals surface area contributed by atoms with Crippen LogP contribution in [-0.4, -0.2) is 19.3 Å². The molecule has 0 fully saturated rings. The van der Waals surface area contributed by atoms with E-state index in [0.717, 1.165) is 19.6 Å². The van der Waals surface area contributed by atoms with Crippen molar-refractivity contribution in [2.45, 2.75) is 46.3 Å². The molecule has 0 saturated carbocycles. The smallest absolute Gasteiger partial charge is 0.0741 e. The Morgan fingerprint density at radius 2 is 2.06 bits per heavy atom. The summed E-state index contributed by atoms with van der Waals surface area (Å²) in [4.78, 5) is 0. The highest BCUT2D eigenvalue weighted by Crippen LogP contribution is 2.20. The normalized spacial score (nSPS) is 14.6. The first-order valence-corrected chi connectivity index (χ1v) is 6.60. The van der Waals surface area contributed by atoms with Crippen molar-refractivity contribution < 1.29 is 4.74 Å². The van der Waals surface area contributed by atoms with Gasteiger partial charge in [0.25, 0.3) is 0 Å². The average molecular weight is 235 g/mol. The number of benzene rings is 1. The average Bonchev–Trinajstić information content (AvgIpc) is 2.30. The van der Waals surface area contributed by atoms with Crippen LogP contribution in [-0.2, 0) is 4.74 Å². The summed E-state index contributed by atoms with van der Waals surface area (Å²) in [6, 6.07) is 8.95. The second-order valence-corrected chi connectivity index (χ2v) is 4.51. The topological polar surface area (TPSA) is 21.3 Å². The summed E-state index contributed by atoms with van der Waals surface area (Å²) in [6.45, 7) is 10.3. The molecule has 1 N–H and O–H groups in total. The van der Waals surface area contributed by atoms with Crippen molar-refractivity contribution in [1.29, 1.82) is 0 Å². The SMILES string of the molecule is CCCNC(c1cccc(C)c1)C(C)OCC. The van der Waals surface area contributed by atoms with Crippen molar-refractivity contribution in [2.75, 3.05) is 13.2 Å². The van der Waals surface area contributed by atoms with Crippen molar-refractivity contribution in [1.82, 2.24) is 5.32 Å². The van der Waals surface area contributed by atoms with Crippen molar-refractivity contribution in [3.05, 3.63) is 35.4 Å². The highest BCUT2D eigenvalue weighted by molar-refractivity contribution is 5.25. The zero-order valence-electron chi connectivity index (χ0n) is 11.5. The van der Waals surface area contributed by atoms with Crippen LogP contribution in [0.2, 0.25) is 0 Å². The van der Waals surface area contributed by atoms with Crippen LogP contribution >= 0.6 is 0 Å². The fourth-order valence-electron chi connectivity index (χ4n) is 2.08. The van der Waals surface area contributed by atoms with E-state index in [-0.39, 0.29) is 12.1 Å². The van der Waals surface area contributed by atoms with Gasteiger partial charge in [0.1, 0.15) is 0 Å². The molecule has 2 heteroatoms. The Morgan fingerprint density at radius 3 is 2.65 bits per heavy atom. The highest BCUT2D eigenvalue weighted by Gasteiger charge is 2.18. The fraction of sp³-hybridized carbons (Fsp3) is 0.600. The second kappa shape index (κ2) is 7.46. The van der Waals surface area contributed by atoms with Crippen LogP contribution in [0.15, 0.2) is 24.3 Å². The Kier molecular flexibility index (Phi) is 6.23. The van der Waals surface area contributed by atoms with Crippen LogP contribution in [0.4, 0.5) is 0 Å². The van der Waals surface area contributed by atoms with E-state index in [2.05, 4.69) is 50.4 Å². The molecule has 96 valence electrons. The monoisotopic (exact) mass is 235 g/mol. The lowest BCUT2D eigenvalue weighted by molar-refractivity contribution is 0.0472. The molecule has 1 aromatic carbocycles. The number of ether oxygens (including phenoxy) is 1. The predicted molar refractivity (Wildman–Crippen MR) is 73.3 cm³/mol. The van der Waals surface area contributed by atoms with Crippen LogP contribution < -0.4 is 5.32 Å². The summed E-state index contributed by atoms with van der Waals surface area (Å²) in [5.74, 6) is 0. The zero-order valence-corrected chi connectivity index (χ0v) is 11.5. The molecule has 0 aromatic heterocycles. The quantitative estimate of drug-likeness (QED) is 0.781. The Morgan fingerprint density at radius 1 is 1.29 bits per heavy atom. The maximum atomic E-state index is 5.73. The summed E-state index contributed by atoms with van der Waals surface area (Å²) in [6.07, 6.45) is 1.34. The number of nitrogens with one attached hydrogen (secondary N) is 1. The zero-order chi connectivity index (χ0) is 12.7. The van der Waals surface area contributed by atoms with Gasteiger partial charge in [0.2, 0.25) is 0 Å². The van der Waals surface area contributed by atoms with Gasteiger partial charge in [0, 0.05) is 6.61 Å². The van der Waals surface area contributed by atoms with E-state index < -0.39 is 0 Å². The third kappa shape index (κ3) is 4.49. The lowest BCUT2D eigenvalue weighted by atomic mass is 10.00. The lowest BCUT2D eigenvalue weighted by Gasteiger charge is -2.25. The first kappa shape index (κ1) is 14.2. The third-order valence-electron chi connectivity index (χ3n) is 2.91. The molecule has 0 heterocycles. The van der Waals surface area contributed by atoms with Crippen molar-refractivity contribution in [2.24, 2.45) is 0 Å². The molecule has 1 rings (SSSR count). The molecule has 2 atom stereocenters. The van der Waals surface area contributed by atoms with E-state index in [4.69, 9.17) is 4.74 Å². The maximum Gasteiger partial charge on any atom is 0.0741 e. The third-order valence-corrected chi connectivity index (χ3v) is 2.91. The Bertz CT molecular complexity index is 324. The molecular weight excluding hydrogens is 210 g/mol. The molecule has 0 bridgehead atoms. The van der Waals surface area contributed by atoms with Crippen LogP contribution in [0.5, 0.6) is 0 Å². The highest BCUT2D eigenvalue weighted by atomic mass is 16.5. The Labute approximate surface area is 105 Å².